The molecule has 0 aliphatic carbocycles. The van der Waals surface area contributed by atoms with Gasteiger partial charge in [-0.1, -0.05) is 301 Å². The lowest BCUT2D eigenvalue weighted by molar-refractivity contribution is -0.870. The number of rotatable bonds is 65. The van der Waals surface area contributed by atoms with Crippen LogP contribution in [0.1, 0.15) is 341 Å². The molecule has 0 radical (unpaired) electrons. The normalized spacial score (nSPS) is 12.9. The van der Waals surface area contributed by atoms with E-state index in [4.69, 9.17) is 18.9 Å². The van der Waals surface area contributed by atoms with E-state index in [2.05, 4.69) is 50.3 Å². The Labute approximate surface area is 496 Å². The number of ether oxygens (including phenoxy) is 4. The van der Waals surface area contributed by atoms with Gasteiger partial charge in [0.15, 0.2) is 12.4 Å². The first kappa shape index (κ1) is 77.5. The van der Waals surface area contributed by atoms with Gasteiger partial charge in [0.2, 0.25) is 0 Å². The summed E-state index contributed by atoms with van der Waals surface area (Å²) in [5, 5.41) is 11.8. The number of carbonyl (C=O) groups is 3. The molecule has 0 amide bonds. The maximum absolute atomic E-state index is 12.8. The molecule has 0 bridgehead atoms. The molecule has 0 aromatic carbocycles. The Morgan fingerprint density at radius 3 is 1.04 bits per heavy atom. The van der Waals surface area contributed by atoms with E-state index in [0.717, 1.165) is 64.2 Å². The zero-order valence-electron chi connectivity index (χ0n) is 53.7. The summed E-state index contributed by atoms with van der Waals surface area (Å²) >= 11 is 0. The Morgan fingerprint density at radius 1 is 0.375 bits per heavy atom. The fourth-order valence-electron chi connectivity index (χ4n) is 10.3. The van der Waals surface area contributed by atoms with Crippen LogP contribution in [0, 0.1) is 0 Å². The van der Waals surface area contributed by atoms with E-state index in [-0.39, 0.29) is 32.2 Å². The number of carboxylic acids is 1. The van der Waals surface area contributed by atoms with Crippen molar-refractivity contribution in [1.82, 2.24) is 0 Å². The van der Waals surface area contributed by atoms with Crippen LogP contribution in [-0.4, -0.2) is 82.3 Å². The number of carboxylic acid groups (broad SMARTS) is 1. The molecule has 0 heterocycles. The first-order chi connectivity index (χ1) is 39.1. The van der Waals surface area contributed by atoms with Crippen LogP contribution in [0.2, 0.25) is 0 Å². The summed E-state index contributed by atoms with van der Waals surface area (Å²) in [4.78, 5) is 37.3. The van der Waals surface area contributed by atoms with Crippen LogP contribution in [0.15, 0.2) is 36.5 Å². The molecule has 0 aliphatic rings. The Morgan fingerprint density at radius 2 is 0.688 bits per heavy atom. The molecule has 0 fully saturated rings. The van der Waals surface area contributed by atoms with Gasteiger partial charge in [0.05, 0.1) is 40.3 Å². The summed E-state index contributed by atoms with van der Waals surface area (Å²) in [6.45, 7) is 4.73. The van der Waals surface area contributed by atoms with Gasteiger partial charge in [-0.15, -0.1) is 0 Å². The largest absolute Gasteiger partial charge is 0.545 e. The number of carbonyl (C=O) groups excluding carboxylic acids is 3. The molecular weight excluding hydrogens is 995 g/mol. The van der Waals surface area contributed by atoms with E-state index in [1.165, 1.54) is 244 Å². The van der Waals surface area contributed by atoms with Gasteiger partial charge in [-0.2, -0.15) is 0 Å². The van der Waals surface area contributed by atoms with Crippen molar-refractivity contribution >= 4 is 17.9 Å². The minimum Gasteiger partial charge on any atom is -0.545 e. The van der Waals surface area contributed by atoms with Crippen LogP contribution in [0.3, 0.4) is 0 Å². The molecule has 0 N–H and O–H groups in total. The second-order valence-electron chi connectivity index (χ2n) is 24.8. The Kier molecular flexibility index (Phi) is 60.6. The minimum absolute atomic E-state index is 0.146. The van der Waals surface area contributed by atoms with Crippen LogP contribution < -0.4 is 5.11 Å². The highest BCUT2D eigenvalue weighted by Gasteiger charge is 2.22. The predicted octanol–water partition coefficient (Wildman–Crippen LogP) is 19.9. The molecule has 80 heavy (non-hydrogen) atoms. The van der Waals surface area contributed by atoms with Crippen molar-refractivity contribution in [2.75, 3.05) is 47.5 Å². The molecule has 9 nitrogen and oxygen atoms in total. The van der Waals surface area contributed by atoms with Gasteiger partial charge in [0.25, 0.3) is 0 Å². The third kappa shape index (κ3) is 63.1. The van der Waals surface area contributed by atoms with Crippen molar-refractivity contribution in [1.29, 1.82) is 0 Å². The summed E-state index contributed by atoms with van der Waals surface area (Å²) in [6, 6.07) is 0. The highest BCUT2D eigenvalue weighted by atomic mass is 16.7. The van der Waals surface area contributed by atoms with Crippen molar-refractivity contribution in [3.05, 3.63) is 36.5 Å². The Balaban J connectivity index is 3.86. The third-order valence-corrected chi connectivity index (χ3v) is 15.6. The average molecular weight is 1130 g/mol. The van der Waals surface area contributed by atoms with Crippen molar-refractivity contribution < 1.29 is 42.9 Å². The molecule has 0 rings (SSSR count). The molecule has 2 unspecified atom stereocenters. The average Bonchev–Trinajstić information content (AvgIpc) is 3.43. The molecule has 0 aromatic rings. The number of quaternary nitrogens is 1. The van der Waals surface area contributed by atoms with Crippen LogP contribution in [-0.2, 0) is 33.3 Å². The van der Waals surface area contributed by atoms with Crippen LogP contribution in [0.5, 0.6) is 0 Å². The van der Waals surface area contributed by atoms with E-state index in [1.54, 1.807) is 0 Å². The molecule has 2 atom stereocenters. The SMILES string of the molecule is CCCC/C=C\C/C=C\CCCCCCCC(=O)OC(COC(=O)CCCCCCCCCCCCCCCCCCCCCCCCCCCCCCC/C=C\CCCCCCCCCC)COC(OCC[N+](C)(C)C)C(=O)[O-]. The summed E-state index contributed by atoms with van der Waals surface area (Å²) in [6.07, 6.45) is 75.5. The Hall–Kier alpha value is -2.49. The fourth-order valence-corrected chi connectivity index (χ4v) is 10.3. The highest BCUT2D eigenvalue weighted by Crippen LogP contribution is 2.18. The van der Waals surface area contributed by atoms with Crippen molar-refractivity contribution in [2.24, 2.45) is 0 Å². The lowest BCUT2D eigenvalue weighted by Gasteiger charge is -2.26. The number of esters is 2. The van der Waals surface area contributed by atoms with Crippen molar-refractivity contribution in [2.45, 2.75) is 354 Å². The second-order valence-corrected chi connectivity index (χ2v) is 24.8. The first-order valence-electron chi connectivity index (χ1n) is 34.6. The maximum atomic E-state index is 12.8. The minimum atomic E-state index is -1.62. The fraction of sp³-hybridized carbons (Fsp3) is 0.873. The van der Waals surface area contributed by atoms with Gasteiger partial charge in [-0.05, 0) is 64.2 Å². The summed E-state index contributed by atoms with van der Waals surface area (Å²) < 4.78 is 22.7. The number of hydrogen-bond acceptors (Lipinski definition) is 8. The van der Waals surface area contributed by atoms with E-state index < -0.39 is 24.3 Å². The van der Waals surface area contributed by atoms with Gasteiger partial charge in [0.1, 0.15) is 13.2 Å². The monoisotopic (exact) mass is 1130 g/mol. The summed E-state index contributed by atoms with van der Waals surface area (Å²) in [5.74, 6) is -2.28. The van der Waals surface area contributed by atoms with Gasteiger partial charge < -0.3 is 33.3 Å². The van der Waals surface area contributed by atoms with E-state index in [0.29, 0.717) is 23.9 Å². The predicted molar refractivity (Wildman–Crippen MR) is 339 cm³/mol. The van der Waals surface area contributed by atoms with Crippen LogP contribution >= 0.6 is 0 Å². The van der Waals surface area contributed by atoms with E-state index in [1.807, 2.05) is 21.1 Å². The molecule has 9 heteroatoms. The smallest absolute Gasteiger partial charge is 0.306 e. The summed E-state index contributed by atoms with van der Waals surface area (Å²) in [5.41, 5.74) is 0. The molecular formula is C71H133NO8. The molecule has 0 aromatic heterocycles. The van der Waals surface area contributed by atoms with Crippen LogP contribution in [0.25, 0.3) is 0 Å². The molecule has 0 aliphatic heterocycles. The zero-order valence-corrected chi connectivity index (χ0v) is 53.7. The first-order valence-corrected chi connectivity index (χ1v) is 34.6. The quantitative estimate of drug-likeness (QED) is 0.0195. The molecule has 0 spiro atoms. The zero-order chi connectivity index (χ0) is 58.3. The van der Waals surface area contributed by atoms with Gasteiger partial charge in [0, 0.05) is 12.8 Å². The standard InChI is InChI=1S/C71H133NO8/c1-6-8-10-12-14-16-18-20-22-23-24-25-26-27-28-29-30-31-32-33-34-35-36-37-38-39-40-41-42-43-44-45-46-47-48-50-51-53-55-57-59-61-68(73)78-65-67(66-79-71(70(75)76)77-64-63-72(3,4)5)80-69(74)62-60-58-56-54-52-49-21-19-17-15-13-11-9-7-2/h13,15,19,21,23-24,67,71H,6-12,14,16-18,20,22,25-66H2,1-5H3/b15-13-,21-19-,24-23-. The van der Waals surface area contributed by atoms with Crippen molar-refractivity contribution in [3.63, 3.8) is 0 Å². The number of allylic oxidation sites excluding steroid dienone is 6. The van der Waals surface area contributed by atoms with Gasteiger partial charge in [-0.25, -0.2) is 0 Å². The van der Waals surface area contributed by atoms with Gasteiger partial charge in [-0.3, -0.25) is 9.59 Å². The maximum Gasteiger partial charge on any atom is 0.306 e. The summed E-state index contributed by atoms with van der Waals surface area (Å²) in [7, 11) is 5.92. The lowest BCUT2D eigenvalue weighted by Crippen LogP contribution is -2.44. The second kappa shape index (κ2) is 62.6. The topological polar surface area (TPSA) is 111 Å². The number of aliphatic carboxylic acids is 1. The van der Waals surface area contributed by atoms with E-state index in [9.17, 15) is 19.5 Å². The number of nitrogens with zero attached hydrogens (tertiary/aromatic N) is 1. The molecule has 0 saturated heterocycles. The highest BCUT2D eigenvalue weighted by molar-refractivity contribution is 5.70. The number of hydrogen-bond donors (Lipinski definition) is 0. The third-order valence-electron chi connectivity index (χ3n) is 15.6. The lowest BCUT2D eigenvalue weighted by atomic mass is 10.0. The van der Waals surface area contributed by atoms with Crippen LogP contribution in [0.4, 0.5) is 0 Å². The number of likely N-dealkylation sites (N-methyl/N-ethyl adjacent to an activating group) is 1. The van der Waals surface area contributed by atoms with Gasteiger partial charge >= 0.3 is 11.9 Å². The molecule has 0 saturated carbocycles. The number of unbranched alkanes of at least 4 members (excludes halogenated alkanes) is 44. The van der Waals surface area contributed by atoms with E-state index >= 15 is 0 Å². The van der Waals surface area contributed by atoms with Crippen molar-refractivity contribution in [3.8, 4) is 0 Å². The molecule has 470 valence electrons. The Bertz CT molecular complexity index is 1410.